The lowest BCUT2D eigenvalue weighted by Crippen LogP contribution is -2.32. The van der Waals surface area contributed by atoms with E-state index in [9.17, 15) is 9.59 Å². The molecule has 0 spiro atoms. The molecule has 0 aromatic heterocycles. The highest BCUT2D eigenvalue weighted by Gasteiger charge is 2.26. The number of ether oxygens (including phenoxy) is 4. The summed E-state index contributed by atoms with van der Waals surface area (Å²) in [5, 5.41) is 11.1. The van der Waals surface area contributed by atoms with Gasteiger partial charge in [0.1, 0.15) is 5.69 Å². The number of amides is 1. The third-order valence-electron chi connectivity index (χ3n) is 4.23. The maximum Gasteiger partial charge on any atom is 0.258 e. The smallest absolute Gasteiger partial charge is 0.258 e. The largest absolute Gasteiger partial charge is 0.493 e. The van der Waals surface area contributed by atoms with E-state index in [-0.39, 0.29) is 16.4 Å². The number of nitrogens with one attached hydrogen (secondary N) is 1. The average molecular weight is 498 g/mol. The number of methoxy groups -OCH3 is 2. The number of carbonyl (C=O) groups excluding carboxylic acids is 2. The van der Waals surface area contributed by atoms with Crippen LogP contribution in [0.3, 0.4) is 0 Å². The second-order valence-electron chi connectivity index (χ2n) is 6.52. The van der Waals surface area contributed by atoms with Crippen molar-refractivity contribution in [1.82, 2.24) is 0 Å². The standard InChI is InChI=1S/C22H25Cl2N3O6/c1-6-32-19-9-13(23)8-16(21(19)33-7-2)25-22(29)20(12(3)28)27-26-15-11-18(31-5)17(30-4)10-14(15)24/h8-11,20H,6-7H2,1-5H3,(H,25,29). The molecule has 0 aliphatic heterocycles. The van der Waals surface area contributed by atoms with Gasteiger partial charge < -0.3 is 24.3 Å². The number of benzene rings is 2. The number of hydrogen-bond acceptors (Lipinski definition) is 8. The van der Waals surface area contributed by atoms with Crippen LogP contribution in [0.5, 0.6) is 23.0 Å². The lowest BCUT2D eigenvalue weighted by molar-refractivity contribution is -0.126. The minimum absolute atomic E-state index is 0.199. The normalized spacial score (nSPS) is 11.7. The van der Waals surface area contributed by atoms with Crippen LogP contribution in [0.25, 0.3) is 0 Å². The van der Waals surface area contributed by atoms with Crippen LogP contribution in [0.4, 0.5) is 11.4 Å². The number of hydrogen-bond donors (Lipinski definition) is 1. The maximum atomic E-state index is 12.9. The van der Waals surface area contributed by atoms with E-state index in [4.69, 9.17) is 42.1 Å². The number of Topliss-reactive ketones (excluding diaryl/α,β-unsaturated/α-hetero) is 1. The van der Waals surface area contributed by atoms with Crippen molar-refractivity contribution in [3.8, 4) is 23.0 Å². The van der Waals surface area contributed by atoms with Crippen molar-refractivity contribution in [3.63, 3.8) is 0 Å². The Kier molecular flexibility index (Phi) is 9.74. The Labute approximate surface area is 202 Å². The molecule has 1 atom stereocenters. The number of anilines is 1. The molecule has 0 saturated heterocycles. The molecule has 1 unspecified atom stereocenters. The Balaban J connectivity index is 2.37. The molecule has 0 radical (unpaired) electrons. The van der Waals surface area contributed by atoms with Crippen LogP contribution in [0.2, 0.25) is 10.0 Å². The number of nitrogens with zero attached hydrogens (tertiary/aromatic N) is 2. The summed E-state index contributed by atoms with van der Waals surface area (Å²) in [5.74, 6) is 0.158. The number of rotatable bonds is 11. The molecule has 1 amide bonds. The summed E-state index contributed by atoms with van der Waals surface area (Å²) < 4.78 is 21.6. The van der Waals surface area contributed by atoms with E-state index in [0.717, 1.165) is 0 Å². The summed E-state index contributed by atoms with van der Waals surface area (Å²) in [6.07, 6.45) is 0. The molecule has 0 aliphatic rings. The molecule has 0 heterocycles. The van der Waals surface area contributed by atoms with Crippen LogP contribution in [-0.2, 0) is 9.59 Å². The fourth-order valence-electron chi connectivity index (χ4n) is 2.78. The number of azo groups is 1. The van der Waals surface area contributed by atoms with Gasteiger partial charge in [-0.05, 0) is 26.8 Å². The zero-order valence-electron chi connectivity index (χ0n) is 18.9. The van der Waals surface area contributed by atoms with Gasteiger partial charge in [-0.1, -0.05) is 23.2 Å². The van der Waals surface area contributed by atoms with E-state index in [2.05, 4.69) is 15.5 Å². The first-order valence-corrected chi connectivity index (χ1v) is 10.7. The van der Waals surface area contributed by atoms with Crippen LogP contribution >= 0.6 is 23.2 Å². The van der Waals surface area contributed by atoms with E-state index in [1.807, 2.05) is 0 Å². The summed E-state index contributed by atoms with van der Waals surface area (Å²) in [6, 6.07) is 4.60. The van der Waals surface area contributed by atoms with Crippen LogP contribution < -0.4 is 24.3 Å². The molecule has 0 aliphatic carbocycles. The molecule has 0 fully saturated rings. The second kappa shape index (κ2) is 12.3. The predicted octanol–water partition coefficient (Wildman–Crippen LogP) is 5.49. The molecule has 2 aromatic rings. The van der Waals surface area contributed by atoms with Gasteiger partial charge in [-0.15, -0.1) is 0 Å². The molecule has 178 valence electrons. The molecule has 0 saturated carbocycles. The van der Waals surface area contributed by atoms with Crippen molar-refractivity contribution in [3.05, 3.63) is 34.3 Å². The van der Waals surface area contributed by atoms with Gasteiger partial charge in [0.25, 0.3) is 5.91 Å². The lowest BCUT2D eigenvalue weighted by atomic mass is 10.2. The summed E-state index contributed by atoms with van der Waals surface area (Å²) in [5.41, 5.74) is 0.438. The topological polar surface area (TPSA) is 108 Å². The quantitative estimate of drug-likeness (QED) is 0.324. The third kappa shape index (κ3) is 6.72. The number of ketones is 1. The van der Waals surface area contributed by atoms with Gasteiger partial charge in [-0.25, -0.2) is 0 Å². The molecule has 0 bridgehead atoms. The Bertz CT molecular complexity index is 1050. The van der Waals surface area contributed by atoms with E-state index in [1.165, 1.54) is 39.3 Å². The first-order valence-electron chi connectivity index (χ1n) is 9.98. The summed E-state index contributed by atoms with van der Waals surface area (Å²) in [4.78, 5) is 25.1. The predicted molar refractivity (Wildman–Crippen MR) is 126 cm³/mol. The van der Waals surface area contributed by atoms with Crippen LogP contribution in [0.1, 0.15) is 20.8 Å². The first-order chi connectivity index (χ1) is 15.7. The number of carbonyl (C=O) groups is 2. The maximum absolute atomic E-state index is 12.9. The van der Waals surface area contributed by atoms with Crippen molar-refractivity contribution < 1.29 is 28.5 Å². The highest BCUT2D eigenvalue weighted by atomic mass is 35.5. The van der Waals surface area contributed by atoms with E-state index < -0.39 is 17.7 Å². The molecule has 9 nitrogen and oxygen atoms in total. The van der Waals surface area contributed by atoms with Gasteiger partial charge >= 0.3 is 0 Å². The fourth-order valence-corrected chi connectivity index (χ4v) is 3.18. The van der Waals surface area contributed by atoms with Crippen LogP contribution in [0, 0.1) is 0 Å². The lowest BCUT2D eigenvalue weighted by Gasteiger charge is -2.17. The minimum Gasteiger partial charge on any atom is -0.493 e. The summed E-state index contributed by atoms with van der Waals surface area (Å²) in [6.45, 7) is 5.50. The fraction of sp³-hybridized carbons (Fsp3) is 0.364. The third-order valence-corrected chi connectivity index (χ3v) is 4.75. The zero-order valence-corrected chi connectivity index (χ0v) is 20.4. The Morgan fingerprint density at radius 2 is 1.61 bits per heavy atom. The van der Waals surface area contributed by atoms with Gasteiger partial charge in [0.05, 0.1) is 38.1 Å². The highest BCUT2D eigenvalue weighted by Crippen LogP contribution is 2.40. The van der Waals surface area contributed by atoms with Gasteiger partial charge in [-0.3, -0.25) is 9.59 Å². The molecule has 2 rings (SSSR count). The van der Waals surface area contributed by atoms with Crippen molar-refractivity contribution in [2.24, 2.45) is 10.2 Å². The molecule has 11 heteroatoms. The highest BCUT2D eigenvalue weighted by molar-refractivity contribution is 6.33. The molecule has 2 aromatic carbocycles. The molecule has 1 N–H and O–H groups in total. The van der Waals surface area contributed by atoms with Crippen molar-refractivity contribution in [2.45, 2.75) is 26.8 Å². The Morgan fingerprint density at radius 3 is 2.18 bits per heavy atom. The van der Waals surface area contributed by atoms with Crippen molar-refractivity contribution >= 4 is 46.3 Å². The van der Waals surface area contributed by atoms with Crippen LogP contribution in [-0.4, -0.2) is 45.2 Å². The van der Waals surface area contributed by atoms with E-state index in [0.29, 0.717) is 41.2 Å². The van der Waals surface area contributed by atoms with Crippen LogP contribution in [0.15, 0.2) is 34.5 Å². The SMILES string of the molecule is CCOc1cc(Cl)cc(NC(=O)C(N=Nc2cc(OC)c(OC)cc2Cl)C(C)=O)c1OCC. The minimum atomic E-state index is -1.45. The van der Waals surface area contributed by atoms with E-state index in [1.54, 1.807) is 19.9 Å². The second-order valence-corrected chi connectivity index (χ2v) is 7.37. The number of halogens is 2. The summed E-state index contributed by atoms with van der Waals surface area (Å²) in [7, 11) is 2.92. The Morgan fingerprint density at radius 1 is 0.970 bits per heavy atom. The zero-order chi connectivity index (χ0) is 24.5. The summed E-state index contributed by atoms with van der Waals surface area (Å²) >= 11 is 12.4. The van der Waals surface area contributed by atoms with Gasteiger partial charge in [0.2, 0.25) is 6.04 Å². The van der Waals surface area contributed by atoms with Crippen molar-refractivity contribution in [2.75, 3.05) is 32.8 Å². The van der Waals surface area contributed by atoms with Gasteiger partial charge in [0.15, 0.2) is 28.8 Å². The molecular weight excluding hydrogens is 473 g/mol. The first kappa shape index (κ1) is 26.2. The van der Waals surface area contributed by atoms with Gasteiger partial charge in [0, 0.05) is 23.2 Å². The molecular formula is C22H25Cl2N3O6. The van der Waals surface area contributed by atoms with Gasteiger partial charge in [-0.2, -0.15) is 10.2 Å². The van der Waals surface area contributed by atoms with E-state index >= 15 is 0 Å². The Hall–Kier alpha value is -3.04. The average Bonchev–Trinajstić information content (AvgIpc) is 2.76. The molecule has 33 heavy (non-hydrogen) atoms. The monoisotopic (exact) mass is 497 g/mol. The van der Waals surface area contributed by atoms with Crippen molar-refractivity contribution in [1.29, 1.82) is 0 Å².